The van der Waals surface area contributed by atoms with Gasteiger partial charge in [0.25, 0.3) is 0 Å². The minimum absolute atomic E-state index is 0.341. The quantitative estimate of drug-likeness (QED) is 0.393. The Morgan fingerprint density at radius 3 is 2.06 bits per heavy atom. The second-order valence-corrected chi connectivity index (χ2v) is 5.44. The summed E-state index contributed by atoms with van der Waals surface area (Å²) in [7, 11) is 2.24. The highest BCUT2D eigenvalue weighted by molar-refractivity contribution is 6.44. The Balaban J connectivity index is 0. The van der Waals surface area contributed by atoms with Gasteiger partial charge in [0.05, 0.1) is 6.61 Å². The van der Waals surface area contributed by atoms with Crippen LogP contribution in [0.2, 0.25) is 6.04 Å². The summed E-state index contributed by atoms with van der Waals surface area (Å²) in [6.07, 6.45) is 3.19. The van der Waals surface area contributed by atoms with E-state index in [4.69, 9.17) is 8.85 Å². The fourth-order valence-corrected chi connectivity index (χ4v) is 1.96. The molecule has 0 N–H and O–H groups in total. The molecule has 0 bridgehead atoms. The highest BCUT2D eigenvalue weighted by Gasteiger charge is 2.05. The van der Waals surface area contributed by atoms with Crippen LogP contribution in [-0.4, -0.2) is 36.1 Å². The Morgan fingerprint density at radius 1 is 1.25 bits per heavy atom. The molecule has 0 saturated carbocycles. The Hall–Kier alpha value is -0.653. The van der Waals surface area contributed by atoms with Crippen molar-refractivity contribution in [1.29, 1.82) is 0 Å². The van der Waals surface area contributed by atoms with Crippen molar-refractivity contribution < 1.29 is 18.4 Å². The average Bonchev–Trinajstić information content (AvgIpc) is 2.33. The lowest BCUT2D eigenvalue weighted by atomic mass is 10.5. The molecule has 0 aliphatic heterocycles. The largest absolute Gasteiger partial charge is 0.463 e. The van der Waals surface area contributed by atoms with E-state index in [-0.39, 0.29) is 5.97 Å². The van der Waals surface area contributed by atoms with E-state index in [9.17, 15) is 4.79 Å². The molecule has 16 heavy (non-hydrogen) atoms. The van der Waals surface area contributed by atoms with Crippen molar-refractivity contribution in [2.45, 2.75) is 32.7 Å². The van der Waals surface area contributed by atoms with Gasteiger partial charge in [0, 0.05) is 20.3 Å². The molecule has 0 aromatic heterocycles. The zero-order chi connectivity index (χ0) is 12.8. The fraction of sp³-hybridized carbons (Fsp3) is 0.727. The van der Waals surface area contributed by atoms with Crippen LogP contribution in [0.3, 0.4) is 0 Å². The molecule has 0 unspecified atom stereocenters. The van der Waals surface area contributed by atoms with Gasteiger partial charge in [-0.3, -0.25) is 0 Å². The molecule has 96 valence electrons. The van der Waals surface area contributed by atoms with Gasteiger partial charge in [-0.2, -0.15) is 0 Å². The lowest BCUT2D eigenvalue weighted by Gasteiger charge is -2.07. The van der Waals surface area contributed by atoms with Crippen LogP contribution in [0.25, 0.3) is 0 Å². The third kappa shape index (κ3) is 13.3. The predicted molar refractivity (Wildman–Crippen MR) is 67.7 cm³/mol. The Kier molecular flexibility index (Phi) is 15.9. The normalized spacial score (nSPS) is 9.31. The predicted octanol–water partition coefficient (Wildman–Crippen LogP) is 2.04. The topological polar surface area (TPSA) is 44.8 Å². The standard InChI is InChI=1S/C6H10O2.C5H14O2Si/c1-3-5-8-6(7)4-2;1-4-5-8(6-2)7-3/h4H,2-3,5H2,1H3;8H,4-5H2,1-3H3. The van der Waals surface area contributed by atoms with Crippen LogP contribution in [0.1, 0.15) is 26.7 Å². The highest BCUT2D eigenvalue weighted by atomic mass is 28.3. The number of ether oxygens (including phenoxy) is 1. The molecule has 0 rings (SSSR count). The van der Waals surface area contributed by atoms with E-state index in [1.165, 1.54) is 6.42 Å². The van der Waals surface area contributed by atoms with E-state index in [0.29, 0.717) is 6.61 Å². The highest BCUT2D eigenvalue weighted by Crippen LogP contribution is 1.96. The molecule has 0 aromatic carbocycles. The molecule has 4 nitrogen and oxygen atoms in total. The lowest BCUT2D eigenvalue weighted by molar-refractivity contribution is -0.137. The molecule has 0 fully saturated rings. The summed E-state index contributed by atoms with van der Waals surface area (Å²) in [5.41, 5.74) is 0. The lowest BCUT2D eigenvalue weighted by Crippen LogP contribution is -2.17. The summed E-state index contributed by atoms with van der Waals surface area (Å²) in [6.45, 7) is 7.81. The van der Waals surface area contributed by atoms with E-state index < -0.39 is 9.28 Å². The molecular weight excluding hydrogens is 224 g/mol. The first-order valence-corrected chi connectivity index (χ1v) is 7.26. The summed E-state index contributed by atoms with van der Waals surface area (Å²) < 4.78 is 14.7. The third-order valence-electron chi connectivity index (χ3n) is 1.67. The maximum absolute atomic E-state index is 10.2. The Bertz CT molecular complexity index is 169. The first-order chi connectivity index (χ1) is 7.65. The molecule has 0 aliphatic rings. The molecule has 0 atom stereocenters. The van der Waals surface area contributed by atoms with E-state index in [2.05, 4.69) is 18.2 Å². The fourth-order valence-electron chi connectivity index (χ4n) is 0.829. The molecule has 5 heteroatoms. The van der Waals surface area contributed by atoms with Crippen molar-refractivity contribution in [1.82, 2.24) is 0 Å². The van der Waals surface area contributed by atoms with Gasteiger partial charge in [-0.15, -0.1) is 0 Å². The molecule has 0 amide bonds. The van der Waals surface area contributed by atoms with Gasteiger partial charge in [-0.1, -0.05) is 26.8 Å². The van der Waals surface area contributed by atoms with Crippen molar-refractivity contribution in [3.8, 4) is 0 Å². The van der Waals surface area contributed by atoms with Gasteiger partial charge in [0.1, 0.15) is 0 Å². The number of carbonyl (C=O) groups excluding carboxylic acids is 1. The number of rotatable bonds is 7. The van der Waals surface area contributed by atoms with Crippen LogP contribution in [0, 0.1) is 0 Å². The van der Waals surface area contributed by atoms with Gasteiger partial charge in [0.2, 0.25) is 0 Å². The smallest absolute Gasteiger partial charge is 0.330 e. The second kappa shape index (κ2) is 14.3. The zero-order valence-electron chi connectivity index (χ0n) is 10.8. The van der Waals surface area contributed by atoms with Crippen LogP contribution in [0.15, 0.2) is 12.7 Å². The number of hydrogen-bond donors (Lipinski definition) is 0. The summed E-state index contributed by atoms with van der Waals surface area (Å²) >= 11 is 0. The first-order valence-electron chi connectivity index (χ1n) is 5.50. The van der Waals surface area contributed by atoms with Crippen molar-refractivity contribution >= 4 is 15.3 Å². The summed E-state index contributed by atoms with van der Waals surface area (Å²) in [5.74, 6) is -0.341. The monoisotopic (exact) mass is 248 g/mol. The van der Waals surface area contributed by atoms with Crippen molar-refractivity contribution in [2.75, 3.05) is 20.8 Å². The molecule has 0 aliphatic carbocycles. The minimum Gasteiger partial charge on any atom is -0.463 e. The van der Waals surface area contributed by atoms with Crippen molar-refractivity contribution in [3.05, 3.63) is 12.7 Å². The summed E-state index contributed by atoms with van der Waals surface area (Å²) in [6, 6.07) is 1.12. The maximum atomic E-state index is 10.2. The van der Waals surface area contributed by atoms with Crippen LogP contribution in [-0.2, 0) is 18.4 Å². The first kappa shape index (κ1) is 17.7. The zero-order valence-corrected chi connectivity index (χ0v) is 12.0. The summed E-state index contributed by atoms with van der Waals surface area (Å²) in [5, 5.41) is 0. The second-order valence-electron chi connectivity index (χ2n) is 3.06. The minimum atomic E-state index is -1.19. The molecule has 0 radical (unpaired) electrons. The molecule has 0 aromatic rings. The summed E-state index contributed by atoms with van der Waals surface area (Å²) in [4.78, 5) is 10.2. The van der Waals surface area contributed by atoms with Crippen LogP contribution < -0.4 is 0 Å². The van der Waals surface area contributed by atoms with E-state index in [1.807, 2.05) is 6.92 Å². The molecule has 0 spiro atoms. The number of carbonyl (C=O) groups is 1. The Morgan fingerprint density at radius 2 is 1.81 bits per heavy atom. The van der Waals surface area contributed by atoms with Gasteiger partial charge < -0.3 is 13.6 Å². The third-order valence-corrected chi connectivity index (χ3v) is 3.77. The van der Waals surface area contributed by atoms with E-state index in [0.717, 1.165) is 18.5 Å². The van der Waals surface area contributed by atoms with E-state index in [1.54, 1.807) is 14.2 Å². The number of hydrogen-bond acceptors (Lipinski definition) is 4. The SMILES string of the molecule is C=CC(=O)OCCC.CCC[SiH](OC)OC. The number of esters is 1. The molecular formula is C11H24O4Si. The van der Waals surface area contributed by atoms with Crippen LogP contribution in [0.4, 0.5) is 0 Å². The molecule has 0 saturated heterocycles. The van der Waals surface area contributed by atoms with Gasteiger partial charge in [-0.25, -0.2) is 4.79 Å². The maximum Gasteiger partial charge on any atom is 0.330 e. The average molecular weight is 248 g/mol. The van der Waals surface area contributed by atoms with Crippen LogP contribution >= 0.6 is 0 Å². The Labute approximate surface area is 100 Å². The van der Waals surface area contributed by atoms with E-state index >= 15 is 0 Å². The van der Waals surface area contributed by atoms with Crippen LogP contribution in [0.5, 0.6) is 0 Å². The van der Waals surface area contributed by atoms with Crippen molar-refractivity contribution in [2.24, 2.45) is 0 Å². The van der Waals surface area contributed by atoms with Gasteiger partial charge in [0.15, 0.2) is 0 Å². The van der Waals surface area contributed by atoms with Gasteiger partial charge in [-0.05, 0) is 12.5 Å². The van der Waals surface area contributed by atoms with Crippen molar-refractivity contribution in [3.63, 3.8) is 0 Å². The molecule has 0 heterocycles. The van der Waals surface area contributed by atoms with Gasteiger partial charge >= 0.3 is 15.3 Å².